The zero-order valence-corrected chi connectivity index (χ0v) is 13.2. The van der Waals surface area contributed by atoms with E-state index in [-0.39, 0.29) is 30.4 Å². The van der Waals surface area contributed by atoms with Crippen molar-refractivity contribution < 1.29 is 19.8 Å². The normalized spacial score (nSPS) is 25.5. The first-order valence-electron chi connectivity index (χ1n) is 7.73. The summed E-state index contributed by atoms with van der Waals surface area (Å²) in [5.74, 6) is -0.635. The summed E-state index contributed by atoms with van der Waals surface area (Å²) in [5.41, 5.74) is 0. The molecule has 1 fully saturated rings. The summed E-state index contributed by atoms with van der Waals surface area (Å²) in [7, 11) is 0. The summed E-state index contributed by atoms with van der Waals surface area (Å²) in [6.45, 7) is 6.83. The molecule has 1 rings (SSSR count). The van der Waals surface area contributed by atoms with E-state index in [0.29, 0.717) is 19.5 Å². The van der Waals surface area contributed by atoms with Crippen LogP contribution in [-0.4, -0.2) is 58.8 Å². The second-order valence-electron chi connectivity index (χ2n) is 6.13. The number of carboxylic acids is 1. The number of nitrogens with one attached hydrogen (secondary N) is 1. The van der Waals surface area contributed by atoms with E-state index in [1.807, 2.05) is 11.8 Å². The standard InChI is InChI=1S/C15H28N2O4/c1-4-5-13(10(2)16-11(3)19)8-17-7-12(9-18)6-14(17)15(20)21/h10,12-14,18H,4-9H2,1-3H3,(H,16,19)(H,20,21)/t10?,12?,13-,14?/m0/s1. The van der Waals surface area contributed by atoms with Gasteiger partial charge >= 0.3 is 5.97 Å². The van der Waals surface area contributed by atoms with Gasteiger partial charge in [0.05, 0.1) is 0 Å². The molecule has 6 nitrogen and oxygen atoms in total. The molecule has 1 aliphatic heterocycles. The van der Waals surface area contributed by atoms with E-state index >= 15 is 0 Å². The first-order chi connectivity index (χ1) is 9.88. The van der Waals surface area contributed by atoms with Crippen molar-refractivity contribution in [2.75, 3.05) is 19.7 Å². The van der Waals surface area contributed by atoms with Crippen molar-refractivity contribution in [3.8, 4) is 0 Å². The SMILES string of the molecule is CCC[C@@H](CN1CC(CO)CC1C(=O)O)C(C)NC(C)=O. The predicted octanol–water partition coefficient (Wildman–Crippen LogP) is 0.695. The topological polar surface area (TPSA) is 89.9 Å². The molecule has 3 N–H and O–H groups in total. The van der Waals surface area contributed by atoms with Crippen molar-refractivity contribution in [1.82, 2.24) is 10.2 Å². The molecule has 3 unspecified atom stereocenters. The molecule has 0 radical (unpaired) electrons. The first-order valence-corrected chi connectivity index (χ1v) is 7.73. The van der Waals surface area contributed by atoms with Crippen LogP contribution in [0.4, 0.5) is 0 Å². The highest BCUT2D eigenvalue weighted by atomic mass is 16.4. The van der Waals surface area contributed by atoms with Crippen molar-refractivity contribution in [3.05, 3.63) is 0 Å². The second kappa shape index (κ2) is 8.34. The van der Waals surface area contributed by atoms with Gasteiger partial charge in [0.2, 0.25) is 5.91 Å². The van der Waals surface area contributed by atoms with Gasteiger partial charge in [-0.1, -0.05) is 13.3 Å². The molecular formula is C15H28N2O4. The van der Waals surface area contributed by atoms with Gasteiger partial charge in [0.15, 0.2) is 0 Å². The van der Waals surface area contributed by atoms with Crippen LogP contribution in [0.3, 0.4) is 0 Å². The van der Waals surface area contributed by atoms with Crippen LogP contribution < -0.4 is 5.32 Å². The van der Waals surface area contributed by atoms with Crippen LogP contribution in [0.25, 0.3) is 0 Å². The van der Waals surface area contributed by atoms with Gasteiger partial charge in [-0.2, -0.15) is 0 Å². The summed E-state index contributed by atoms with van der Waals surface area (Å²) < 4.78 is 0. The highest BCUT2D eigenvalue weighted by Gasteiger charge is 2.37. The van der Waals surface area contributed by atoms with Gasteiger partial charge in [0.1, 0.15) is 6.04 Å². The molecule has 4 atom stereocenters. The third kappa shape index (κ3) is 5.28. The number of hydrogen-bond acceptors (Lipinski definition) is 4. The third-order valence-corrected chi connectivity index (χ3v) is 4.30. The lowest BCUT2D eigenvalue weighted by Crippen LogP contribution is -2.45. The monoisotopic (exact) mass is 300 g/mol. The van der Waals surface area contributed by atoms with E-state index in [4.69, 9.17) is 0 Å². The van der Waals surface area contributed by atoms with Crippen LogP contribution in [0.15, 0.2) is 0 Å². The number of hydrogen-bond donors (Lipinski definition) is 3. The number of carbonyl (C=O) groups excluding carboxylic acids is 1. The average Bonchev–Trinajstić information content (AvgIpc) is 2.80. The number of rotatable bonds is 8. The van der Waals surface area contributed by atoms with Crippen LogP contribution in [0.2, 0.25) is 0 Å². The molecule has 0 aliphatic carbocycles. The van der Waals surface area contributed by atoms with Crippen LogP contribution in [0, 0.1) is 11.8 Å². The molecule has 122 valence electrons. The van der Waals surface area contributed by atoms with Crippen molar-refractivity contribution in [3.63, 3.8) is 0 Å². The predicted molar refractivity (Wildman–Crippen MR) is 79.9 cm³/mol. The van der Waals surface area contributed by atoms with E-state index in [9.17, 15) is 19.8 Å². The maximum atomic E-state index is 11.4. The average molecular weight is 300 g/mol. The minimum atomic E-state index is -0.826. The fourth-order valence-electron chi connectivity index (χ4n) is 3.20. The van der Waals surface area contributed by atoms with Gasteiger partial charge in [0, 0.05) is 32.7 Å². The Bertz CT molecular complexity index is 362. The van der Waals surface area contributed by atoms with Gasteiger partial charge in [-0.15, -0.1) is 0 Å². The van der Waals surface area contributed by atoms with Crippen molar-refractivity contribution >= 4 is 11.9 Å². The van der Waals surface area contributed by atoms with E-state index < -0.39 is 12.0 Å². The molecule has 0 aromatic heterocycles. The van der Waals surface area contributed by atoms with Gasteiger partial charge < -0.3 is 15.5 Å². The molecule has 0 spiro atoms. The first kappa shape index (κ1) is 17.9. The molecule has 0 bridgehead atoms. The molecule has 0 aromatic rings. The van der Waals surface area contributed by atoms with Gasteiger partial charge in [-0.3, -0.25) is 14.5 Å². The van der Waals surface area contributed by atoms with E-state index in [1.54, 1.807) is 0 Å². The molecule has 21 heavy (non-hydrogen) atoms. The van der Waals surface area contributed by atoms with Gasteiger partial charge in [-0.25, -0.2) is 0 Å². The summed E-state index contributed by atoms with van der Waals surface area (Å²) in [6, 6.07) is -0.504. The Morgan fingerprint density at radius 3 is 2.57 bits per heavy atom. The molecule has 0 aromatic carbocycles. The lowest BCUT2D eigenvalue weighted by Gasteiger charge is -2.31. The minimum Gasteiger partial charge on any atom is -0.480 e. The van der Waals surface area contributed by atoms with Gasteiger partial charge in [0.25, 0.3) is 0 Å². The molecule has 6 heteroatoms. The molecule has 1 amide bonds. The molecule has 0 saturated carbocycles. The quantitative estimate of drug-likeness (QED) is 0.614. The number of carboxylic acid groups (broad SMARTS) is 1. The number of likely N-dealkylation sites (tertiary alicyclic amines) is 1. The van der Waals surface area contributed by atoms with Crippen LogP contribution in [0.5, 0.6) is 0 Å². The molecular weight excluding hydrogens is 272 g/mol. The Morgan fingerprint density at radius 2 is 2.10 bits per heavy atom. The smallest absolute Gasteiger partial charge is 0.320 e. The highest BCUT2D eigenvalue weighted by molar-refractivity contribution is 5.74. The number of nitrogens with zero attached hydrogens (tertiary/aromatic N) is 1. The fraction of sp³-hybridized carbons (Fsp3) is 0.867. The summed E-state index contributed by atoms with van der Waals surface area (Å²) in [4.78, 5) is 24.5. The number of aliphatic hydroxyl groups excluding tert-OH is 1. The Kier molecular flexibility index (Phi) is 7.11. The lowest BCUT2D eigenvalue weighted by atomic mass is 9.95. The van der Waals surface area contributed by atoms with E-state index in [1.165, 1.54) is 6.92 Å². The summed E-state index contributed by atoms with van der Waals surface area (Å²) in [6.07, 6.45) is 2.43. The van der Waals surface area contributed by atoms with Crippen LogP contribution in [0.1, 0.15) is 40.0 Å². The van der Waals surface area contributed by atoms with Crippen LogP contribution in [-0.2, 0) is 9.59 Å². The zero-order chi connectivity index (χ0) is 16.0. The molecule has 1 saturated heterocycles. The number of aliphatic carboxylic acids is 1. The van der Waals surface area contributed by atoms with Crippen molar-refractivity contribution in [2.45, 2.75) is 52.1 Å². The Hall–Kier alpha value is -1.14. The molecule has 1 aliphatic rings. The van der Waals surface area contributed by atoms with Crippen molar-refractivity contribution in [1.29, 1.82) is 0 Å². The third-order valence-electron chi connectivity index (χ3n) is 4.30. The summed E-state index contributed by atoms with van der Waals surface area (Å²) in [5, 5.41) is 21.5. The maximum absolute atomic E-state index is 11.4. The van der Waals surface area contributed by atoms with E-state index in [0.717, 1.165) is 12.8 Å². The zero-order valence-electron chi connectivity index (χ0n) is 13.2. The Labute approximate surface area is 126 Å². The number of carbonyl (C=O) groups is 2. The van der Waals surface area contributed by atoms with Crippen LogP contribution >= 0.6 is 0 Å². The maximum Gasteiger partial charge on any atom is 0.320 e. The van der Waals surface area contributed by atoms with Gasteiger partial charge in [-0.05, 0) is 31.6 Å². The Balaban J connectivity index is 2.71. The summed E-state index contributed by atoms with van der Waals surface area (Å²) >= 11 is 0. The largest absolute Gasteiger partial charge is 0.480 e. The number of amides is 1. The van der Waals surface area contributed by atoms with E-state index in [2.05, 4.69) is 12.2 Å². The molecule has 1 heterocycles. The van der Waals surface area contributed by atoms with Crippen molar-refractivity contribution in [2.24, 2.45) is 11.8 Å². The lowest BCUT2D eigenvalue weighted by molar-refractivity contribution is -0.142. The fourth-order valence-corrected chi connectivity index (χ4v) is 3.20. The second-order valence-corrected chi connectivity index (χ2v) is 6.13. The highest BCUT2D eigenvalue weighted by Crippen LogP contribution is 2.26. The minimum absolute atomic E-state index is 0.0186. The number of aliphatic hydroxyl groups is 1. The Morgan fingerprint density at radius 1 is 1.43 bits per heavy atom.